The van der Waals surface area contributed by atoms with E-state index in [9.17, 15) is 9.59 Å². The minimum absolute atomic E-state index is 0.0858. The van der Waals surface area contributed by atoms with Crippen LogP contribution >= 0.6 is 0 Å². The molecule has 5 nitrogen and oxygen atoms in total. The number of urea groups is 1. The van der Waals surface area contributed by atoms with E-state index in [2.05, 4.69) is 10.6 Å². The first-order valence-corrected chi connectivity index (χ1v) is 6.39. The number of carboxylic acids is 1. The quantitative estimate of drug-likeness (QED) is 0.739. The van der Waals surface area contributed by atoms with Gasteiger partial charge in [-0.05, 0) is 37.5 Å². The molecule has 104 valence electrons. The van der Waals surface area contributed by atoms with E-state index in [4.69, 9.17) is 5.11 Å². The maximum absolute atomic E-state index is 11.6. The third-order valence-electron chi connectivity index (χ3n) is 2.80. The summed E-state index contributed by atoms with van der Waals surface area (Å²) in [7, 11) is 0. The highest BCUT2D eigenvalue weighted by Crippen LogP contribution is 2.12. The summed E-state index contributed by atoms with van der Waals surface area (Å²) in [5, 5.41) is 14.2. The van der Waals surface area contributed by atoms with Crippen molar-refractivity contribution in [2.24, 2.45) is 0 Å². The molecular formula is C14H20N2O3. The number of hydrogen-bond donors (Lipinski definition) is 3. The molecule has 3 N–H and O–H groups in total. The molecule has 2 amide bonds. The first-order chi connectivity index (χ1) is 9.01. The van der Waals surface area contributed by atoms with Crippen LogP contribution in [0, 0.1) is 0 Å². The molecule has 0 saturated heterocycles. The lowest BCUT2D eigenvalue weighted by atomic mass is 10.1. The van der Waals surface area contributed by atoms with Gasteiger partial charge in [0.15, 0.2) is 0 Å². The van der Waals surface area contributed by atoms with Gasteiger partial charge in [0, 0.05) is 18.2 Å². The number of anilines is 1. The number of carbonyl (C=O) groups is 2. The number of aliphatic carboxylic acids is 1. The zero-order chi connectivity index (χ0) is 14.3. The second kappa shape index (κ2) is 7.41. The second-order valence-electron chi connectivity index (χ2n) is 4.50. The highest BCUT2D eigenvalue weighted by Gasteiger charge is 2.06. The number of amides is 2. The summed E-state index contributed by atoms with van der Waals surface area (Å²) in [4.78, 5) is 22.2. The predicted molar refractivity (Wildman–Crippen MR) is 74.3 cm³/mol. The van der Waals surface area contributed by atoms with Crippen molar-refractivity contribution in [2.75, 3.05) is 5.32 Å². The van der Waals surface area contributed by atoms with Gasteiger partial charge in [-0.2, -0.15) is 0 Å². The van der Waals surface area contributed by atoms with Crippen LogP contribution in [0.15, 0.2) is 24.3 Å². The number of nitrogens with one attached hydrogen (secondary N) is 2. The topological polar surface area (TPSA) is 78.4 Å². The molecule has 1 rings (SSSR count). The molecule has 0 saturated carbocycles. The molecule has 1 aromatic carbocycles. The monoisotopic (exact) mass is 264 g/mol. The first-order valence-electron chi connectivity index (χ1n) is 6.39. The molecule has 0 aliphatic heterocycles. The van der Waals surface area contributed by atoms with Gasteiger partial charge >= 0.3 is 12.0 Å². The molecule has 0 heterocycles. The van der Waals surface area contributed by atoms with Crippen LogP contribution in [0.1, 0.15) is 32.3 Å². The molecule has 0 aliphatic rings. The fourth-order valence-corrected chi connectivity index (χ4v) is 1.55. The van der Waals surface area contributed by atoms with E-state index in [1.807, 2.05) is 19.9 Å². The summed E-state index contributed by atoms with van der Waals surface area (Å²) in [6.45, 7) is 3.93. The third-order valence-corrected chi connectivity index (χ3v) is 2.80. The summed E-state index contributed by atoms with van der Waals surface area (Å²) in [5.74, 6) is -0.826. The first kappa shape index (κ1) is 15.0. The average Bonchev–Trinajstić information content (AvgIpc) is 2.36. The van der Waals surface area contributed by atoms with Gasteiger partial charge in [-0.3, -0.25) is 4.79 Å². The fraction of sp³-hybridized carbons (Fsp3) is 0.429. The standard InChI is InChI=1S/C14H20N2O3/c1-3-10(2)15-14(19)16-12-6-4-5-11(9-12)7-8-13(17)18/h4-6,9-10H,3,7-8H2,1-2H3,(H,17,18)(H2,15,16,19). The van der Waals surface area contributed by atoms with Gasteiger partial charge in [0.2, 0.25) is 0 Å². The molecule has 1 aromatic rings. The van der Waals surface area contributed by atoms with Crippen molar-refractivity contribution in [2.45, 2.75) is 39.2 Å². The van der Waals surface area contributed by atoms with Crippen molar-refractivity contribution in [3.05, 3.63) is 29.8 Å². The van der Waals surface area contributed by atoms with Gasteiger partial charge in [-0.15, -0.1) is 0 Å². The average molecular weight is 264 g/mol. The Kier molecular flexibility index (Phi) is 5.85. The highest BCUT2D eigenvalue weighted by molar-refractivity contribution is 5.89. The van der Waals surface area contributed by atoms with E-state index in [1.165, 1.54) is 0 Å². The zero-order valence-electron chi connectivity index (χ0n) is 11.3. The van der Waals surface area contributed by atoms with Gasteiger partial charge in [0.1, 0.15) is 0 Å². The van der Waals surface area contributed by atoms with Crippen molar-refractivity contribution in [3.8, 4) is 0 Å². The van der Waals surface area contributed by atoms with Crippen LogP contribution in [0.25, 0.3) is 0 Å². The number of benzene rings is 1. The molecular weight excluding hydrogens is 244 g/mol. The summed E-state index contributed by atoms with van der Waals surface area (Å²) >= 11 is 0. The van der Waals surface area contributed by atoms with Crippen LogP contribution in [0.2, 0.25) is 0 Å². The van der Waals surface area contributed by atoms with Gasteiger partial charge in [0.25, 0.3) is 0 Å². The molecule has 0 aromatic heterocycles. The maximum atomic E-state index is 11.6. The third kappa shape index (κ3) is 5.90. The second-order valence-corrected chi connectivity index (χ2v) is 4.50. The largest absolute Gasteiger partial charge is 0.481 e. The molecule has 0 aliphatic carbocycles. The summed E-state index contributed by atoms with van der Waals surface area (Å²) in [5.41, 5.74) is 1.56. The van der Waals surface area contributed by atoms with Gasteiger partial charge in [0.05, 0.1) is 0 Å². The number of rotatable bonds is 6. The number of carbonyl (C=O) groups excluding carboxylic acids is 1. The molecule has 1 atom stereocenters. The summed E-state index contributed by atoms with van der Waals surface area (Å²) in [6, 6.07) is 7.09. The minimum atomic E-state index is -0.826. The molecule has 0 bridgehead atoms. The molecule has 0 radical (unpaired) electrons. The normalized spacial score (nSPS) is 11.7. The Bertz CT molecular complexity index is 446. The SMILES string of the molecule is CCC(C)NC(=O)Nc1cccc(CCC(=O)O)c1. The van der Waals surface area contributed by atoms with Gasteiger partial charge in [-0.25, -0.2) is 4.79 Å². The van der Waals surface area contributed by atoms with Crippen LogP contribution in [0.5, 0.6) is 0 Å². The summed E-state index contributed by atoms with van der Waals surface area (Å²) < 4.78 is 0. The Morgan fingerprint density at radius 3 is 2.74 bits per heavy atom. The maximum Gasteiger partial charge on any atom is 0.319 e. The van der Waals surface area contributed by atoms with E-state index >= 15 is 0 Å². The Hall–Kier alpha value is -2.04. The van der Waals surface area contributed by atoms with Gasteiger partial charge in [-0.1, -0.05) is 19.1 Å². The Labute approximate surface area is 113 Å². The zero-order valence-corrected chi connectivity index (χ0v) is 11.3. The Morgan fingerprint density at radius 1 is 1.37 bits per heavy atom. The molecule has 0 fully saturated rings. The fourth-order valence-electron chi connectivity index (χ4n) is 1.55. The van der Waals surface area contributed by atoms with Gasteiger partial charge < -0.3 is 15.7 Å². The van der Waals surface area contributed by atoms with Crippen LogP contribution in [0.4, 0.5) is 10.5 Å². The van der Waals surface area contributed by atoms with Crippen molar-refractivity contribution in [1.82, 2.24) is 5.32 Å². The van der Waals surface area contributed by atoms with E-state index in [1.54, 1.807) is 18.2 Å². The van der Waals surface area contributed by atoms with E-state index in [0.717, 1.165) is 12.0 Å². The molecule has 19 heavy (non-hydrogen) atoms. The highest BCUT2D eigenvalue weighted by atomic mass is 16.4. The van der Waals surface area contributed by atoms with Crippen LogP contribution in [-0.4, -0.2) is 23.1 Å². The number of carboxylic acid groups (broad SMARTS) is 1. The lowest BCUT2D eigenvalue weighted by molar-refractivity contribution is -0.136. The van der Waals surface area contributed by atoms with E-state index in [0.29, 0.717) is 12.1 Å². The van der Waals surface area contributed by atoms with Crippen LogP contribution in [0.3, 0.4) is 0 Å². The van der Waals surface area contributed by atoms with E-state index < -0.39 is 5.97 Å². The smallest absolute Gasteiger partial charge is 0.319 e. The summed E-state index contributed by atoms with van der Waals surface area (Å²) in [6.07, 6.45) is 1.41. The van der Waals surface area contributed by atoms with Crippen molar-refractivity contribution in [3.63, 3.8) is 0 Å². The number of hydrogen-bond acceptors (Lipinski definition) is 2. The lowest BCUT2D eigenvalue weighted by Gasteiger charge is -2.13. The molecule has 5 heteroatoms. The van der Waals surface area contributed by atoms with Crippen molar-refractivity contribution in [1.29, 1.82) is 0 Å². The van der Waals surface area contributed by atoms with Crippen LogP contribution < -0.4 is 10.6 Å². The predicted octanol–water partition coefficient (Wildman–Crippen LogP) is 2.62. The minimum Gasteiger partial charge on any atom is -0.481 e. The Morgan fingerprint density at radius 2 is 2.11 bits per heavy atom. The Balaban J connectivity index is 2.56. The van der Waals surface area contributed by atoms with Crippen LogP contribution in [-0.2, 0) is 11.2 Å². The van der Waals surface area contributed by atoms with Crippen molar-refractivity contribution < 1.29 is 14.7 Å². The number of aryl methyl sites for hydroxylation is 1. The molecule has 0 spiro atoms. The lowest BCUT2D eigenvalue weighted by Crippen LogP contribution is -2.35. The van der Waals surface area contributed by atoms with E-state index in [-0.39, 0.29) is 18.5 Å². The molecule has 1 unspecified atom stereocenters. The van der Waals surface area contributed by atoms with Crippen molar-refractivity contribution >= 4 is 17.7 Å².